The van der Waals surface area contributed by atoms with Crippen LogP contribution in [0.25, 0.3) is 0 Å². The lowest BCUT2D eigenvalue weighted by atomic mass is 9.87. The summed E-state index contributed by atoms with van der Waals surface area (Å²) >= 11 is 1.80. The third kappa shape index (κ3) is 3.77. The van der Waals surface area contributed by atoms with E-state index in [4.69, 9.17) is 0 Å². The number of carbonyl (C=O) groups excluding carboxylic acids is 1. The molecule has 0 radical (unpaired) electrons. The van der Waals surface area contributed by atoms with Crippen LogP contribution >= 0.6 is 11.8 Å². The fraction of sp³-hybridized carbons (Fsp3) is 0.500. The van der Waals surface area contributed by atoms with Gasteiger partial charge in [-0.2, -0.15) is 17.0 Å². The summed E-state index contributed by atoms with van der Waals surface area (Å²) in [6, 6.07) is 12.5. The van der Waals surface area contributed by atoms with E-state index in [0.29, 0.717) is 19.4 Å². The molecule has 1 fully saturated rings. The zero-order valence-corrected chi connectivity index (χ0v) is 12.4. The lowest BCUT2D eigenvalue weighted by Crippen LogP contribution is -2.39. The van der Waals surface area contributed by atoms with Crippen molar-refractivity contribution in [1.29, 1.82) is 5.26 Å². The van der Waals surface area contributed by atoms with Crippen molar-refractivity contribution >= 4 is 17.7 Å². The van der Waals surface area contributed by atoms with Gasteiger partial charge in [-0.15, -0.1) is 0 Å². The summed E-state index contributed by atoms with van der Waals surface area (Å²) in [5.41, 5.74) is 0.553. The summed E-state index contributed by atoms with van der Waals surface area (Å²) in [6.07, 6.45) is 3.41. The molecule has 0 saturated heterocycles. The molecule has 0 heterocycles. The van der Waals surface area contributed by atoms with Crippen LogP contribution in [-0.4, -0.2) is 18.2 Å². The normalized spacial score (nSPS) is 16.6. The van der Waals surface area contributed by atoms with Crippen molar-refractivity contribution in [2.75, 3.05) is 12.3 Å². The summed E-state index contributed by atoms with van der Waals surface area (Å²) < 4.78 is 0. The number of nitrogens with one attached hydrogen (secondary N) is 1. The van der Waals surface area contributed by atoms with Crippen LogP contribution in [0.5, 0.6) is 0 Å². The molecule has 0 bridgehead atoms. The minimum Gasteiger partial charge on any atom is -0.354 e. The van der Waals surface area contributed by atoms with Crippen LogP contribution in [0.15, 0.2) is 30.3 Å². The highest BCUT2D eigenvalue weighted by Gasteiger charge is 2.41. The maximum absolute atomic E-state index is 12.1. The van der Waals surface area contributed by atoms with E-state index in [1.165, 1.54) is 5.56 Å². The summed E-state index contributed by atoms with van der Waals surface area (Å²) in [5, 5.41) is 12.1. The van der Waals surface area contributed by atoms with Crippen LogP contribution in [0.4, 0.5) is 0 Å². The highest BCUT2D eigenvalue weighted by molar-refractivity contribution is 7.98. The number of thioether (sulfide) groups is 1. The van der Waals surface area contributed by atoms with Gasteiger partial charge in [0, 0.05) is 18.1 Å². The Morgan fingerprint density at radius 3 is 2.65 bits per heavy atom. The zero-order valence-electron chi connectivity index (χ0n) is 11.6. The third-order valence-electron chi connectivity index (χ3n) is 3.75. The molecular weight excluding hydrogens is 268 g/mol. The van der Waals surface area contributed by atoms with Gasteiger partial charge in [0.2, 0.25) is 5.91 Å². The molecule has 20 heavy (non-hydrogen) atoms. The van der Waals surface area contributed by atoms with Crippen LogP contribution < -0.4 is 5.32 Å². The quantitative estimate of drug-likeness (QED) is 0.818. The van der Waals surface area contributed by atoms with E-state index in [2.05, 4.69) is 23.5 Å². The van der Waals surface area contributed by atoms with Crippen molar-refractivity contribution in [1.82, 2.24) is 5.32 Å². The molecule has 1 aliphatic carbocycles. The molecule has 106 valence electrons. The Morgan fingerprint density at radius 1 is 1.30 bits per heavy atom. The number of rotatable bonds is 6. The van der Waals surface area contributed by atoms with Crippen LogP contribution in [-0.2, 0) is 10.5 Å². The minimum absolute atomic E-state index is 0.0715. The molecule has 0 atom stereocenters. The molecule has 0 aromatic heterocycles. The predicted molar refractivity (Wildman–Crippen MR) is 82.1 cm³/mol. The monoisotopic (exact) mass is 288 g/mol. The maximum Gasteiger partial charge on any atom is 0.240 e. The van der Waals surface area contributed by atoms with E-state index < -0.39 is 5.41 Å². The Kier molecular flexibility index (Phi) is 5.49. The van der Waals surface area contributed by atoms with Crippen molar-refractivity contribution < 1.29 is 4.79 Å². The molecule has 1 aliphatic rings. The van der Waals surface area contributed by atoms with Crippen molar-refractivity contribution in [3.63, 3.8) is 0 Å². The largest absolute Gasteiger partial charge is 0.354 e. The molecule has 4 heteroatoms. The molecule has 3 nitrogen and oxygen atoms in total. The highest BCUT2D eigenvalue weighted by atomic mass is 32.2. The molecule has 0 spiro atoms. The summed E-state index contributed by atoms with van der Waals surface area (Å²) in [7, 11) is 0. The van der Waals surface area contributed by atoms with Crippen molar-refractivity contribution in [3.8, 4) is 6.07 Å². The van der Waals surface area contributed by atoms with E-state index in [-0.39, 0.29) is 5.91 Å². The van der Waals surface area contributed by atoms with Gasteiger partial charge >= 0.3 is 0 Å². The van der Waals surface area contributed by atoms with Gasteiger partial charge in [0.15, 0.2) is 0 Å². The summed E-state index contributed by atoms with van der Waals surface area (Å²) in [6.45, 7) is 0.639. The number of carbonyl (C=O) groups is 1. The lowest BCUT2D eigenvalue weighted by Gasteiger charge is -2.19. The Hall–Kier alpha value is -1.47. The Morgan fingerprint density at radius 2 is 2.00 bits per heavy atom. The van der Waals surface area contributed by atoms with Crippen LogP contribution in [0.2, 0.25) is 0 Å². The summed E-state index contributed by atoms with van der Waals surface area (Å²) in [4.78, 5) is 12.1. The van der Waals surface area contributed by atoms with Crippen molar-refractivity contribution in [3.05, 3.63) is 35.9 Å². The van der Waals surface area contributed by atoms with Gasteiger partial charge in [-0.1, -0.05) is 43.2 Å². The number of amides is 1. The average molecular weight is 288 g/mol. The second-order valence-electron chi connectivity index (χ2n) is 5.20. The Bertz CT molecular complexity index is 475. The van der Waals surface area contributed by atoms with E-state index in [1.807, 2.05) is 18.2 Å². The Balaban J connectivity index is 1.66. The van der Waals surface area contributed by atoms with E-state index >= 15 is 0 Å². The predicted octanol–water partition coefficient (Wildman–Crippen LogP) is 3.12. The average Bonchev–Trinajstić information content (AvgIpc) is 2.98. The number of hydrogen-bond donors (Lipinski definition) is 1. The number of nitrogens with zero attached hydrogens (tertiary/aromatic N) is 1. The van der Waals surface area contributed by atoms with Crippen molar-refractivity contribution in [2.24, 2.45) is 5.41 Å². The second-order valence-corrected chi connectivity index (χ2v) is 6.30. The topological polar surface area (TPSA) is 52.9 Å². The van der Waals surface area contributed by atoms with Crippen LogP contribution in [0.3, 0.4) is 0 Å². The van der Waals surface area contributed by atoms with Crippen LogP contribution in [0, 0.1) is 16.7 Å². The number of nitriles is 1. The van der Waals surface area contributed by atoms with Crippen molar-refractivity contribution in [2.45, 2.75) is 31.4 Å². The lowest BCUT2D eigenvalue weighted by molar-refractivity contribution is -0.127. The van der Waals surface area contributed by atoms with Gasteiger partial charge < -0.3 is 5.32 Å². The molecule has 1 aromatic carbocycles. The standard InChI is InChI=1S/C16H20N2OS/c17-13-16(8-4-5-9-16)15(19)18-10-11-20-12-14-6-2-1-3-7-14/h1-3,6-7H,4-5,8-12H2,(H,18,19). The van der Waals surface area contributed by atoms with Gasteiger partial charge in [0.05, 0.1) is 6.07 Å². The molecule has 2 rings (SSSR count). The SMILES string of the molecule is N#CC1(C(=O)NCCSCc2ccccc2)CCCC1. The molecule has 0 aliphatic heterocycles. The summed E-state index contributed by atoms with van der Waals surface area (Å²) in [5.74, 6) is 1.76. The van der Waals surface area contributed by atoms with E-state index in [1.54, 1.807) is 11.8 Å². The van der Waals surface area contributed by atoms with Crippen LogP contribution in [0.1, 0.15) is 31.2 Å². The first kappa shape index (κ1) is 14.9. The molecule has 1 amide bonds. The fourth-order valence-corrected chi connectivity index (χ4v) is 3.36. The van der Waals surface area contributed by atoms with E-state index in [0.717, 1.165) is 24.3 Å². The first-order valence-corrected chi connectivity index (χ1v) is 8.23. The number of hydrogen-bond acceptors (Lipinski definition) is 3. The van der Waals surface area contributed by atoms with Gasteiger partial charge in [-0.05, 0) is 18.4 Å². The van der Waals surface area contributed by atoms with Gasteiger partial charge in [0.1, 0.15) is 5.41 Å². The Labute approximate surface area is 124 Å². The first-order valence-electron chi connectivity index (χ1n) is 7.08. The van der Waals surface area contributed by atoms with Gasteiger partial charge in [-0.25, -0.2) is 0 Å². The molecule has 1 aromatic rings. The molecule has 1 N–H and O–H groups in total. The fourth-order valence-electron chi connectivity index (χ4n) is 2.54. The first-order chi connectivity index (χ1) is 9.77. The smallest absolute Gasteiger partial charge is 0.240 e. The van der Waals surface area contributed by atoms with Gasteiger partial charge in [0.25, 0.3) is 0 Å². The third-order valence-corrected chi connectivity index (χ3v) is 4.78. The van der Waals surface area contributed by atoms with E-state index in [9.17, 15) is 10.1 Å². The highest BCUT2D eigenvalue weighted by Crippen LogP contribution is 2.37. The molecular formula is C16H20N2OS. The van der Waals surface area contributed by atoms with Gasteiger partial charge in [-0.3, -0.25) is 4.79 Å². The number of benzene rings is 1. The molecule has 0 unspecified atom stereocenters. The minimum atomic E-state index is -0.746. The zero-order chi connectivity index (χ0) is 14.3. The maximum atomic E-state index is 12.1. The molecule has 1 saturated carbocycles. The second kappa shape index (κ2) is 7.35.